The van der Waals surface area contributed by atoms with E-state index in [1.807, 2.05) is 0 Å². The van der Waals surface area contributed by atoms with E-state index in [4.69, 9.17) is 0 Å². The van der Waals surface area contributed by atoms with E-state index < -0.39 is 33.7 Å². The average molecular weight is 516 g/mol. The van der Waals surface area contributed by atoms with Crippen LogP contribution >= 0.6 is 0 Å². The number of hydrogen-bond acceptors (Lipinski definition) is 7. The van der Waals surface area contributed by atoms with Crippen LogP contribution in [0.2, 0.25) is 0 Å². The monoisotopic (exact) mass is 516 g/mol. The van der Waals surface area contributed by atoms with Crippen LogP contribution < -0.4 is 0 Å². The molecule has 0 radical (unpaired) electrons. The molecule has 0 spiro atoms. The first-order valence-electron chi connectivity index (χ1n) is 9.76. The van der Waals surface area contributed by atoms with Crippen molar-refractivity contribution in [2.24, 2.45) is 7.05 Å². The van der Waals surface area contributed by atoms with Gasteiger partial charge in [-0.3, -0.25) is 4.98 Å². The van der Waals surface area contributed by atoms with Crippen LogP contribution in [0.5, 0.6) is 0 Å². The predicted molar refractivity (Wildman–Crippen MR) is 110 cm³/mol. The Morgan fingerprint density at radius 3 is 2.29 bits per heavy atom. The number of halogens is 6. The summed E-state index contributed by atoms with van der Waals surface area (Å²) < 4.78 is 105. The molecule has 0 aliphatic heterocycles. The summed E-state index contributed by atoms with van der Waals surface area (Å²) in [7, 11) is -2.57. The Bertz CT molecular complexity index is 1550. The quantitative estimate of drug-likeness (QED) is 0.372. The Balaban J connectivity index is 1.92. The molecule has 0 unspecified atom stereocenters. The highest BCUT2D eigenvalue weighted by Gasteiger charge is 2.35. The highest BCUT2D eigenvalue weighted by atomic mass is 32.2. The van der Waals surface area contributed by atoms with E-state index in [-0.39, 0.29) is 44.5 Å². The minimum atomic E-state index is -4.82. The maximum absolute atomic E-state index is 13.1. The number of hydrogen-bond donors (Lipinski definition) is 0. The number of aryl methyl sites for hydroxylation is 1. The average Bonchev–Trinajstić information content (AvgIpc) is 3.13. The van der Waals surface area contributed by atoms with Gasteiger partial charge < -0.3 is 4.57 Å². The van der Waals surface area contributed by atoms with E-state index in [1.165, 1.54) is 18.5 Å². The van der Waals surface area contributed by atoms with Gasteiger partial charge in [-0.05, 0) is 18.2 Å². The molecule has 0 saturated heterocycles. The summed E-state index contributed by atoms with van der Waals surface area (Å²) in [6.07, 6.45) is -6.60. The lowest BCUT2D eigenvalue weighted by Crippen LogP contribution is -2.12. The van der Waals surface area contributed by atoms with Gasteiger partial charge in [0.1, 0.15) is 11.4 Å². The molecule has 0 aliphatic carbocycles. The molecule has 35 heavy (non-hydrogen) atoms. The van der Waals surface area contributed by atoms with Gasteiger partial charge in [-0.15, -0.1) is 0 Å². The second-order valence-electron chi connectivity index (χ2n) is 7.29. The van der Waals surface area contributed by atoms with Crippen LogP contribution in [0.3, 0.4) is 0 Å². The van der Waals surface area contributed by atoms with E-state index in [2.05, 4.69) is 24.9 Å². The van der Waals surface area contributed by atoms with E-state index >= 15 is 0 Å². The summed E-state index contributed by atoms with van der Waals surface area (Å²) in [5, 5.41) is 0. The number of fused-ring (bicyclic) bond motifs is 1. The molecule has 15 heteroatoms. The summed E-state index contributed by atoms with van der Waals surface area (Å²) >= 11 is 0. The molecule has 0 amide bonds. The third kappa shape index (κ3) is 4.54. The van der Waals surface area contributed by atoms with E-state index in [9.17, 15) is 34.8 Å². The van der Waals surface area contributed by atoms with Crippen LogP contribution in [0.4, 0.5) is 26.3 Å². The maximum atomic E-state index is 13.1. The molecule has 8 nitrogen and oxygen atoms in total. The van der Waals surface area contributed by atoms with Crippen LogP contribution in [0.25, 0.3) is 33.8 Å². The van der Waals surface area contributed by atoms with Crippen molar-refractivity contribution in [1.82, 2.24) is 29.5 Å². The largest absolute Gasteiger partial charge is 0.451 e. The normalized spacial score (nSPS) is 12.9. The van der Waals surface area contributed by atoms with Crippen LogP contribution in [-0.4, -0.2) is 43.7 Å². The molecule has 4 aromatic rings. The molecule has 0 saturated carbocycles. The first-order chi connectivity index (χ1) is 16.2. The maximum Gasteiger partial charge on any atom is 0.451 e. The Labute approximate surface area is 193 Å². The third-order valence-corrected chi connectivity index (χ3v) is 6.78. The first-order valence-corrected chi connectivity index (χ1v) is 11.4. The van der Waals surface area contributed by atoms with E-state index in [1.54, 1.807) is 0 Å². The van der Waals surface area contributed by atoms with Gasteiger partial charge in [0.2, 0.25) is 5.82 Å². The van der Waals surface area contributed by atoms with E-state index in [0.29, 0.717) is 0 Å². The van der Waals surface area contributed by atoms with Gasteiger partial charge in [0.15, 0.2) is 15.7 Å². The minimum Gasteiger partial charge on any atom is -0.324 e. The zero-order chi connectivity index (χ0) is 25.8. The highest BCUT2D eigenvalue weighted by Crippen LogP contribution is 2.34. The van der Waals surface area contributed by atoms with Gasteiger partial charge in [0, 0.05) is 25.0 Å². The molecule has 0 bridgehead atoms. The molecule has 0 atom stereocenters. The molecular weight excluding hydrogens is 502 g/mol. The molecule has 184 valence electrons. The molecule has 4 rings (SSSR count). The number of aromatic nitrogens is 6. The Morgan fingerprint density at radius 1 is 0.943 bits per heavy atom. The lowest BCUT2D eigenvalue weighted by Gasteiger charge is -2.12. The van der Waals surface area contributed by atoms with Crippen LogP contribution in [0.15, 0.2) is 41.7 Å². The van der Waals surface area contributed by atoms with Crippen molar-refractivity contribution in [3.05, 3.63) is 48.3 Å². The molecule has 0 aromatic carbocycles. The second-order valence-corrected chi connectivity index (χ2v) is 9.53. The van der Waals surface area contributed by atoms with Gasteiger partial charge >= 0.3 is 12.4 Å². The molecule has 0 fully saturated rings. The minimum absolute atomic E-state index is 0.0338. The molecule has 4 heterocycles. The first kappa shape index (κ1) is 24.5. The number of alkyl halides is 6. The van der Waals surface area contributed by atoms with Gasteiger partial charge in [0.25, 0.3) is 0 Å². The van der Waals surface area contributed by atoms with Crippen LogP contribution in [0.1, 0.15) is 18.4 Å². The number of nitrogens with zero attached hydrogens (tertiary/aromatic N) is 6. The number of pyridine rings is 2. The Hall–Kier alpha value is -3.62. The summed E-state index contributed by atoms with van der Waals surface area (Å²) in [5.74, 6) is -1.87. The standard InChI is InChI=1S/C20H14F6N6O2S/c1-3-35(33,34)14-6-10(11-4-5-27-18(31-11)20(24,25)26)8-29-16(14)17-30-12-7-15(19(21,22)23)28-9-13(12)32(17)2/h4-9H,3H2,1-2H3. The zero-order valence-electron chi connectivity index (χ0n) is 17.8. The van der Waals surface area contributed by atoms with Crippen LogP contribution in [0, 0.1) is 0 Å². The summed E-state index contributed by atoms with van der Waals surface area (Å²) in [5.41, 5.74) is -1.53. The molecule has 0 aliphatic rings. The van der Waals surface area contributed by atoms with Crippen molar-refractivity contribution in [3.8, 4) is 22.8 Å². The highest BCUT2D eigenvalue weighted by molar-refractivity contribution is 7.91. The fraction of sp³-hybridized carbons (Fsp3) is 0.250. The van der Waals surface area contributed by atoms with Crippen LogP contribution in [-0.2, 0) is 29.2 Å². The van der Waals surface area contributed by atoms with Gasteiger partial charge in [0.05, 0.1) is 33.6 Å². The number of sulfone groups is 1. The van der Waals surface area contributed by atoms with E-state index in [0.717, 1.165) is 36.8 Å². The lowest BCUT2D eigenvalue weighted by atomic mass is 10.2. The van der Waals surface area contributed by atoms with Crippen molar-refractivity contribution in [2.75, 3.05) is 5.75 Å². The smallest absolute Gasteiger partial charge is 0.324 e. The topological polar surface area (TPSA) is 104 Å². The summed E-state index contributed by atoms with van der Waals surface area (Å²) in [6.45, 7) is 1.35. The third-order valence-electron chi connectivity index (χ3n) is 5.04. The Kier molecular flexibility index (Phi) is 5.78. The number of imidazole rings is 1. The summed E-state index contributed by atoms with van der Waals surface area (Å²) in [4.78, 5) is 17.9. The fourth-order valence-electron chi connectivity index (χ4n) is 3.26. The molecule has 0 N–H and O–H groups in total. The zero-order valence-corrected chi connectivity index (χ0v) is 18.7. The SMILES string of the molecule is CCS(=O)(=O)c1cc(-c2ccnc(C(F)(F)F)n2)cnc1-c1nc2cc(C(F)(F)F)ncc2n1C. The van der Waals surface area contributed by atoms with Crippen molar-refractivity contribution in [3.63, 3.8) is 0 Å². The molecule has 4 aromatic heterocycles. The second kappa shape index (κ2) is 8.25. The van der Waals surface area contributed by atoms with Gasteiger partial charge in [-0.1, -0.05) is 6.92 Å². The van der Waals surface area contributed by atoms with Gasteiger partial charge in [-0.2, -0.15) is 26.3 Å². The molecular formula is C20H14F6N6O2S. The number of rotatable bonds is 4. The Morgan fingerprint density at radius 2 is 1.66 bits per heavy atom. The fourth-order valence-corrected chi connectivity index (χ4v) is 4.31. The van der Waals surface area contributed by atoms with Crippen molar-refractivity contribution < 1.29 is 34.8 Å². The van der Waals surface area contributed by atoms with Crippen molar-refractivity contribution in [2.45, 2.75) is 24.2 Å². The lowest BCUT2D eigenvalue weighted by molar-refractivity contribution is -0.145. The van der Waals surface area contributed by atoms with Crippen molar-refractivity contribution in [1.29, 1.82) is 0 Å². The van der Waals surface area contributed by atoms with Gasteiger partial charge in [-0.25, -0.2) is 28.4 Å². The summed E-state index contributed by atoms with van der Waals surface area (Å²) in [6, 6.07) is 2.98. The van der Waals surface area contributed by atoms with Crippen molar-refractivity contribution >= 4 is 20.9 Å². The predicted octanol–water partition coefficient (Wildman–Crippen LogP) is 4.32.